The van der Waals surface area contributed by atoms with Crippen LogP contribution in [0, 0.1) is 11.3 Å². The molecule has 1 aromatic rings. The van der Waals surface area contributed by atoms with E-state index >= 15 is 0 Å². The maximum Gasteiger partial charge on any atom is 0.341 e. The van der Waals surface area contributed by atoms with Crippen molar-refractivity contribution >= 4 is 12.3 Å². The molecule has 0 aliphatic rings. The summed E-state index contributed by atoms with van der Waals surface area (Å²) in [4.78, 5) is 21.6. The first-order valence-corrected chi connectivity index (χ1v) is 3.95. The summed E-state index contributed by atoms with van der Waals surface area (Å²) < 4.78 is 4.39. The van der Waals surface area contributed by atoms with E-state index in [0.29, 0.717) is 6.29 Å². The normalized spacial score (nSPS) is 9.07. The minimum absolute atomic E-state index is 0.0302. The lowest BCUT2D eigenvalue weighted by molar-refractivity contribution is 0.0597. The van der Waals surface area contributed by atoms with Gasteiger partial charge in [0.25, 0.3) is 0 Å². The quantitative estimate of drug-likeness (QED) is 0.571. The summed E-state index contributed by atoms with van der Waals surface area (Å²) in [7, 11) is 1.15. The van der Waals surface area contributed by atoms with Gasteiger partial charge < -0.3 is 9.84 Å². The highest BCUT2D eigenvalue weighted by molar-refractivity contribution is 5.95. The number of ether oxygens (including phenoxy) is 1. The number of phenols is 1. The van der Waals surface area contributed by atoms with Gasteiger partial charge in [-0.15, -0.1) is 0 Å². The van der Waals surface area contributed by atoms with Crippen LogP contribution in [0.2, 0.25) is 0 Å². The zero-order chi connectivity index (χ0) is 11.4. The molecule has 0 saturated heterocycles. The van der Waals surface area contributed by atoms with Gasteiger partial charge in [0.2, 0.25) is 0 Å². The zero-order valence-corrected chi connectivity index (χ0v) is 7.85. The number of phenolic OH excluding ortho intramolecular Hbond substituents is 1. The molecule has 1 aromatic carbocycles. The lowest BCUT2D eigenvalue weighted by Gasteiger charge is -2.04. The molecule has 0 atom stereocenters. The smallest absolute Gasteiger partial charge is 0.341 e. The molecule has 1 rings (SSSR count). The van der Waals surface area contributed by atoms with Crippen LogP contribution in [-0.4, -0.2) is 24.5 Å². The molecule has 5 nitrogen and oxygen atoms in total. The maximum absolute atomic E-state index is 11.1. The van der Waals surface area contributed by atoms with E-state index in [-0.39, 0.29) is 16.7 Å². The van der Waals surface area contributed by atoms with Crippen molar-refractivity contribution in [2.24, 2.45) is 0 Å². The van der Waals surface area contributed by atoms with Crippen LogP contribution >= 0.6 is 0 Å². The monoisotopic (exact) mass is 205 g/mol. The summed E-state index contributed by atoms with van der Waals surface area (Å²) in [6.07, 6.45) is 0.430. The number of hydrogen-bond donors (Lipinski definition) is 1. The summed E-state index contributed by atoms with van der Waals surface area (Å²) >= 11 is 0. The third-order valence-corrected chi connectivity index (χ3v) is 1.85. The molecule has 0 aromatic heterocycles. The number of benzene rings is 1. The van der Waals surface area contributed by atoms with Gasteiger partial charge in [0.15, 0.2) is 6.29 Å². The first-order chi connectivity index (χ1) is 7.15. The standard InChI is InChI=1S/C10H7NO4/c1-15-10(14)7-3-2-6(5-12)8(4-11)9(7)13/h2-3,5,13H,1H3. The Kier molecular flexibility index (Phi) is 3.03. The maximum atomic E-state index is 11.1. The van der Waals surface area contributed by atoms with E-state index in [2.05, 4.69) is 4.74 Å². The van der Waals surface area contributed by atoms with Gasteiger partial charge in [-0.25, -0.2) is 4.79 Å². The van der Waals surface area contributed by atoms with E-state index in [9.17, 15) is 14.7 Å². The molecule has 0 bridgehead atoms. The van der Waals surface area contributed by atoms with Crippen molar-refractivity contribution in [1.82, 2.24) is 0 Å². The molecule has 0 spiro atoms. The van der Waals surface area contributed by atoms with Crippen LogP contribution in [0.15, 0.2) is 12.1 Å². The van der Waals surface area contributed by atoms with Gasteiger partial charge in [0, 0.05) is 5.56 Å². The van der Waals surface area contributed by atoms with E-state index in [1.807, 2.05) is 0 Å². The number of rotatable bonds is 2. The largest absolute Gasteiger partial charge is 0.506 e. The van der Waals surface area contributed by atoms with E-state index in [1.54, 1.807) is 6.07 Å². The minimum Gasteiger partial charge on any atom is -0.506 e. The zero-order valence-electron chi connectivity index (χ0n) is 7.85. The summed E-state index contributed by atoms with van der Waals surface area (Å²) in [6, 6.07) is 4.15. The van der Waals surface area contributed by atoms with E-state index in [1.165, 1.54) is 12.1 Å². The van der Waals surface area contributed by atoms with E-state index < -0.39 is 11.7 Å². The Labute approximate surface area is 85.5 Å². The molecule has 15 heavy (non-hydrogen) atoms. The Hall–Kier alpha value is -2.35. The molecular weight excluding hydrogens is 198 g/mol. The number of methoxy groups -OCH3 is 1. The first kappa shape index (κ1) is 10.7. The van der Waals surface area contributed by atoms with Gasteiger partial charge in [-0.3, -0.25) is 4.79 Å². The number of nitrogens with zero attached hydrogens (tertiary/aromatic N) is 1. The number of carbonyl (C=O) groups excluding carboxylic acids is 2. The average Bonchev–Trinajstić information content (AvgIpc) is 2.27. The second-order valence-corrected chi connectivity index (χ2v) is 2.65. The number of nitriles is 1. The van der Waals surface area contributed by atoms with Crippen LogP contribution in [0.3, 0.4) is 0 Å². The predicted molar refractivity (Wildman–Crippen MR) is 49.5 cm³/mol. The SMILES string of the molecule is COC(=O)c1ccc(C=O)c(C#N)c1O. The van der Waals surface area contributed by atoms with Crippen molar-refractivity contribution in [3.05, 3.63) is 28.8 Å². The molecule has 1 N–H and O–H groups in total. The third kappa shape index (κ3) is 1.79. The Morgan fingerprint density at radius 2 is 2.27 bits per heavy atom. The van der Waals surface area contributed by atoms with Gasteiger partial charge in [0.1, 0.15) is 22.9 Å². The molecule has 0 aliphatic carbocycles. The summed E-state index contributed by atoms with van der Waals surface area (Å²) in [5, 5.41) is 18.2. The second-order valence-electron chi connectivity index (χ2n) is 2.65. The van der Waals surface area contributed by atoms with Gasteiger partial charge in [-0.2, -0.15) is 5.26 Å². The Morgan fingerprint density at radius 1 is 1.60 bits per heavy atom. The van der Waals surface area contributed by atoms with Gasteiger partial charge in [-0.1, -0.05) is 0 Å². The fourth-order valence-corrected chi connectivity index (χ4v) is 1.10. The molecule has 0 unspecified atom stereocenters. The highest BCUT2D eigenvalue weighted by atomic mass is 16.5. The lowest BCUT2D eigenvalue weighted by atomic mass is 10.0. The van der Waals surface area contributed by atoms with Crippen LogP contribution in [0.5, 0.6) is 5.75 Å². The van der Waals surface area contributed by atoms with Gasteiger partial charge in [-0.05, 0) is 12.1 Å². The van der Waals surface area contributed by atoms with Crippen molar-refractivity contribution in [1.29, 1.82) is 5.26 Å². The second kappa shape index (κ2) is 4.24. The Morgan fingerprint density at radius 3 is 2.73 bits per heavy atom. The molecular formula is C10H7NO4. The van der Waals surface area contributed by atoms with Crippen molar-refractivity contribution < 1.29 is 19.4 Å². The molecule has 5 heteroatoms. The summed E-state index contributed by atoms with van der Waals surface area (Å²) in [5.74, 6) is -1.30. The van der Waals surface area contributed by atoms with Crippen molar-refractivity contribution in [3.8, 4) is 11.8 Å². The predicted octanol–water partition coefficient (Wildman–Crippen LogP) is 0.863. The highest BCUT2D eigenvalue weighted by Gasteiger charge is 2.17. The molecule has 0 amide bonds. The first-order valence-electron chi connectivity index (χ1n) is 3.95. The number of esters is 1. The highest BCUT2D eigenvalue weighted by Crippen LogP contribution is 2.25. The molecule has 0 fully saturated rings. The molecule has 0 radical (unpaired) electrons. The fraction of sp³-hybridized carbons (Fsp3) is 0.100. The van der Waals surface area contributed by atoms with Crippen molar-refractivity contribution in [3.63, 3.8) is 0 Å². The third-order valence-electron chi connectivity index (χ3n) is 1.85. The number of carbonyl (C=O) groups is 2. The van der Waals surface area contributed by atoms with E-state index in [4.69, 9.17) is 5.26 Å². The topological polar surface area (TPSA) is 87.4 Å². The molecule has 0 saturated carbocycles. The van der Waals surface area contributed by atoms with Crippen LogP contribution in [-0.2, 0) is 4.74 Å². The Bertz CT molecular complexity index is 459. The van der Waals surface area contributed by atoms with Crippen LogP contribution in [0.4, 0.5) is 0 Å². The number of aromatic hydroxyl groups is 1. The van der Waals surface area contributed by atoms with Crippen LogP contribution in [0.25, 0.3) is 0 Å². The summed E-state index contributed by atoms with van der Waals surface area (Å²) in [6.45, 7) is 0. The van der Waals surface area contributed by atoms with Gasteiger partial charge >= 0.3 is 5.97 Å². The summed E-state index contributed by atoms with van der Waals surface area (Å²) in [5.41, 5.74) is -0.338. The Balaban J connectivity index is 3.43. The van der Waals surface area contributed by atoms with Crippen LogP contribution in [0.1, 0.15) is 26.3 Å². The number of aldehydes is 1. The average molecular weight is 205 g/mol. The molecule has 76 valence electrons. The molecule has 0 aliphatic heterocycles. The number of hydrogen-bond acceptors (Lipinski definition) is 5. The van der Waals surface area contributed by atoms with E-state index in [0.717, 1.165) is 7.11 Å². The molecule has 0 heterocycles. The fourth-order valence-electron chi connectivity index (χ4n) is 1.10. The van der Waals surface area contributed by atoms with Crippen LogP contribution < -0.4 is 0 Å². The van der Waals surface area contributed by atoms with Crippen molar-refractivity contribution in [2.75, 3.05) is 7.11 Å². The van der Waals surface area contributed by atoms with Crippen molar-refractivity contribution in [2.45, 2.75) is 0 Å². The minimum atomic E-state index is -0.763. The van der Waals surface area contributed by atoms with Gasteiger partial charge in [0.05, 0.1) is 7.11 Å². The lowest BCUT2D eigenvalue weighted by Crippen LogP contribution is -2.03.